The van der Waals surface area contributed by atoms with E-state index in [4.69, 9.17) is 14.2 Å². The molecule has 166 valence electrons. The van der Waals surface area contributed by atoms with Crippen molar-refractivity contribution in [3.05, 3.63) is 53.1 Å². The summed E-state index contributed by atoms with van der Waals surface area (Å²) in [6.07, 6.45) is 2.96. The molecule has 0 radical (unpaired) electrons. The highest BCUT2D eigenvalue weighted by molar-refractivity contribution is 5.81. The van der Waals surface area contributed by atoms with E-state index in [9.17, 15) is 4.79 Å². The second kappa shape index (κ2) is 9.18. The molecule has 0 aromatic heterocycles. The van der Waals surface area contributed by atoms with Crippen molar-refractivity contribution in [2.75, 3.05) is 27.9 Å². The van der Waals surface area contributed by atoms with Crippen LogP contribution in [0.1, 0.15) is 42.5 Å². The van der Waals surface area contributed by atoms with Crippen LogP contribution in [0.25, 0.3) is 0 Å². The zero-order valence-corrected chi connectivity index (χ0v) is 18.9. The van der Waals surface area contributed by atoms with Crippen LogP contribution in [0.3, 0.4) is 0 Å². The third-order valence-corrected chi connectivity index (χ3v) is 6.52. The SMILES string of the molecule is COc1cccc(C[NH+]2CCc3cc(OC)c(OC)cc3[C@H]2[C@H](C)NC(=O)C2CC2)c1. The van der Waals surface area contributed by atoms with Gasteiger partial charge in [0.05, 0.1) is 33.9 Å². The maximum atomic E-state index is 12.6. The quantitative estimate of drug-likeness (QED) is 0.682. The van der Waals surface area contributed by atoms with Crippen molar-refractivity contribution in [2.24, 2.45) is 5.92 Å². The number of quaternary nitrogens is 1. The van der Waals surface area contributed by atoms with Gasteiger partial charge in [-0.05, 0) is 49.6 Å². The smallest absolute Gasteiger partial charge is 0.223 e. The van der Waals surface area contributed by atoms with Crippen LogP contribution >= 0.6 is 0 Å². The highest BCUT2D eigenvalue weighted by Crippen LogP contribution is 2.35. The molecule has 31 heavy (non-hydrogen) atoms. The lowest BCUT2D eigenvalue weighted by Gasteiger charge is -2.38. The summed E-state index contributed by atoms with van der Waals surface area (Å²) in [6.45, 7) is 3.97. The van der Waals surface area contributed by atoms with E-state index in [0.29, 0.717) is 0 Å². The highest BCUT2D eigenvalue weighted by atomic mass is 16.5. The molecule has 1 aliphatic heterocycles. The Balaban J connectivity index is 1.67. The zero-order chi connectivity index (χ0) is 22.0. The van der Waals surface area contributed by atoms with Crippen LogP contribution in [0.2, 0.25) is 0 Å². The van der Waals surface area contributed by atoms with Gasteiger partial charge in [-0.25, -0.2) is 0 Å². The summed E-state index contributed by atoms with van der Waals surface area (Å²) in [4.78, 5) is 14.0. The number of hydrogen-bond acceptors (Lipinski definition) is 4. The number of amides is 1. The Labute approximate surface area is 184 Å². The monoisotopic (exact) mass is 425 g/mol. The molecule has 3 atom stereocenters. The number of methoxy groups -OCH3 is 3. The minimum absolute atomic E-state index is 0.00542. The predicted molar refractivity (Wildman–Crippen MR) is 119 cm³/mol. The maximum Gasteiger partial charge on any atom is 0.223 e. The van der Waals surface area contributed by atoms with Crippen LogP contribution in [0.15, 0.2) is 36.4 Å². The van der Waals surface area contributed by atoms with Gasteiger partial charge < -0.3 is 24.4 Å². The van der Waals surface area contributed by atoms with Gasteiger partial charge in [0.25, 0.3) is 0 Å². The Bertz CT molecular complexity index is 941. The van der Waals surface area contributed by atoms with Crippen molar-refractivity contribution in [1.82, 2.24) is 5.32 Å². The fourth-order valence-corrected chi connectivity index (χ4v) is 4.75. The van der Waals surface area contributed by atoms with Gasteiger partial charge in [-0.2, -0.15) is 0 Å². The molecule has 1 heterocycles. The fourth-order valence-electron chi connectivity index (χ4n) is 4.75. The molecular formula is C25H33N2O4+. The summed E-state index contributed by atoms with van der Waals surface area (Å²) in [5.74, 6) is 2.73. The van der Waals surface area contributed by atoms with Gasteiger partial charge >= 0.3 is 0 Å². The Morgan fingerprint density at radius 1 is 1.10 bits per heavy atom. The molecule has 6 heteroatoms. The lowest BCUT2D eigenvalue weighted by molar-refractivity contribution is -0.948. The third kappa shape index (κ3) is 4.64. The second-order valence-corrected chi connectivity index (χ2v) is 8.64. The first-order valence-corrected chi connectivity index (χ1v) is 11.1. The number of carbonyl (C=O) groups excluding carboxylic acids is 1. The summed E-state index contributed by atoms with van der Waals surface area (Å²) < 4.78 is 16.6. The van der Waals surface area contributed by atoms with E-state index in [0.717, 1.165) is 49.6 Å². The summed E-state index contributed by atoms with van der Waals surface area (Å²) in [5.41, 5.74) is 3.72. The van der Waals surface area contributed by atoms with Gasteiger partial charge in [0.2, 0.25) is 5.91 Å². The van der Waals surface area contributed by atoms with Gasteiger partial charge in [0, 0.05) is 23.5 Å². The zero-order valence-electron chi connectivity index (χ0n) is 18.9. The first kappa shape index (κ1) is 21.5. The van der Waals surface area contributed by atoms with Crippen molar-refractivity contribution in [3.8, 4) is 17.2 Å². The molecule has 1 unspecified atom stereocenters. The number of fused-ring (bicyclic) bond motifs is 1. The summed E-state index contributed by atoms with van der Waals surface area (Å²) in [5, 5.41) is 3.30. The Morgan fingerprint density at radius 3 is 2.52 bits per heavy atom. The normalized spacial score (nSPS) is 21.0. The average Bonchev–Trinajstić information content (AvgIpc) is 3.63. The molecule has 2 aromatic rings. The molecule has 1 saturated carbocycles. The number of nitrogens with one attached hydrogen (secondary N) is 2. The van der Waals surface area contributed by atoms with Gasteiger partial charge in [0.15, 0.2) is 11.5 Å². The highest BCUT2D eigenvalue weighted by Gasteiger charge is 2.39. The first-order chi connectivity index (χ1) is 15.0. The lowest BCUT2D eigenvalue weighted by Crippen LogP contribution is -3.13. The standard InChI is InChI=1S/C25H32N2O4/c1-16(26-25(28)18-8-9-18)24-21-14-23(31-4)22(30-3)13-19(21)10-11-27(24)15-17-6-5-7-20(12-17)29-2/h5-7,12-14,16,18,24H,8-11,15H2,1-4H3,(H,26,28)/p+1/t16-,24+/m0/s1. The van der Waals surface area contributed by atoms with Crippen molar-refractivity contribution < 1.29 is 23.9 Å². The fraction of sp³-hybridized carbons (Fsp3) is 0.480. The largest absolute Gasteiger partial charge is 0.497 e. The molecule has 0 bridgehead atoms. The van der Waals surface area contributed by atoms with Crippen LogP contribution < -0.4 is 24.4 Å². The van der Waals surface area contributed by atoms with E-state index in [-0.39, 0.29) is 23.9 Å². The van der Waals surface area contributed by atoms with Crippen molar-refractivity contribution >= 4 is 5.91 Å². The summed E-state index contributed by atoms with van der Waals surface area (Å²) in [6, 6.07) is 12.6. The number of hydrogen-bond donors (Lipinski definition) is 2. The minimum Gasteiger partial charge on any atom is -0.497 e. The molecule has 1 amide bonds. The molecule has 4 rings (SSSR count). The van der Waals surface area contributed by atoms with E-state index in [1.807, 2.05) is 12.1 Å². The first-order valence-electron chi connectivity index (χ1n) is 11.1. The summed E-state index contributed by atoms with van der Waals surface area (Å²) >= 11 is 0. The number of benzene rings is 2. The Hall–Kier alpha value is -2.73. The third-order valence-electron chi connectivity index (χ3n) is 6.52. The predicted octanol–water partition coefficient (Wildman–Crippen LogP) is 2.31. The van der Waals surface area contributed by atoms with Crippen LogP contribution in [0.5, 0.6) is 17.2 Å². The average molecular weight is 426 g/mol. The van der Waals surface area contributed by atoms with Crippen molar-refractivity contribution in [2.45, 2.75) is 44.8 Å². The topological polar surface area (TPSA) is 61.2 Å². The maximum absolute atomic E-state index is 12.6. The number of ether oxygens (including phenoxy) is 3. The van der Waals surface area contributed by atoms with Gasteiger partial charge in [0.1, 0.15) is 18.3 Å². The molecular weight excluding hydrogens is 392 g/mol. The summed E-state index contributed by atoms with van der Waals surface area (Å²) in [7, 11) is 5.03. The van der Waals surface area contributed by atoms with Crippen LogP contribution in [0, 0.1) is 5.92 Å². The molecule has 1 fully saturated rings. The minimum atomic E-state index is 0.00542. The molecule has 0 spiro atoms. The second-order valence-electron chi connectivity index (χ2n) is 8.64. The Kier molecular flexibility index (Phi) is 6.37. The van der Waals surface area contributed by atoms with Crippen LogP contribution in [-0.2, 0) is 17.8 Å². The molecule has 6 nitrogen and oxygen atoms in total. The van der Waals surface area contributed by atoms with Gasteiger partial charge in [-0.3, -0.25) is 4.79 Å². The molecule has 2 aliphatic rings. The number of carbonyl (C=O) groups is 1. The molecule has 0 saturated heterocycles. The van der Waals surface area contributed by atoms with Crippen molar-refractivity contribution in [3.63, 3.8) is 0 Å². The van der Waals surface area contributed by atoms with Crippen molar-refractivity contribution in [1.29, 1.82) is 0 Å². The van der Waals surface area contributed by atoms with E-state index < -0.39 is 0 Å². The van der Waals surface area contributed by atoms with Gasteiger partial charge in [-0.1, -0.05) is 12.1 Å². The Morgan fingerprint density at radius 2 is 1.84 bits per heavy atom. The van der Waals surface area contributed by atoms with E-state index in [2.05, 4.69) is 36.5 Å². The van der Waals surface area contributed by atoms with Gasteiger partial charge in [-0.15, -0.1) is 0 Å². The van der Waals surface area contributed by atoms with Crippen LogP contribution in [0.4, 0.5) is 0 Å². The molecule has 2 N–H and O–H groups in total. The van der Waals surface area contributed by atoms with E-state index in [1.54, 1.807) is 21.3 Å². The number of rotatable bonds is 8. The van der Waals surface area contributed by atoms with Crippen LogP contribution in [-0.4, -0.2) is 39.8 Å². The van der Waals surface area contributed by atoms with E-state index in [1.165, 1.54) is 21.6 Å². The van der Waals surface area contributed by atoms with E-state index >= 15 is 0 Å². The molecule has 1 aliphatic carbocycles. The lowest BCUT2D eigenvalue weighted by atomic mass is 9.87. The molecule has 2 aromatic carbocycles.